The van der Waals surface area contributed by atoms with E-state index in [4.69, 9.17) is 13.8 Å². The maximum absolute atomic E-state index is 8.30. The Bertz CT molecular complexity index is 88.5. The molecule has 0 aliphatic heterocycles. The summed E-state index contributed by atoms with van der Waals surface area (Å²) in [6.07, 6.45) is 0. The van der Waals surface area contributed by atoms with Crippen LogP contribution in [0.3, 0.4) is 0 Å². The van der Waals surface area contributed by atoms with Gasteiger partial charge in [-0.15, -0.1) is 37.2 Å². The van der Waals surface area contributed by atoms with Gasteiger partial charge in [-0.2, -0.15) is 10.5 Å². The molecule has 0 fully saturated rings. The van der Waals surface area contributed by atoms with Crippen LogP contribution in [0, 0.1) is 22.7 Å². The van der Waals surface area contributed by atoms with Gasteiger partial charge in [-0.05, 0) is 0 Å². The van der Waals surface area contributed by atoms with Gasteiger partial charge in [-0.1, -0.05) is 0 Å². The molecule has 0 radical (unpaired) electrons. The van der Waals surface area contributed by atoms with E-state index in [0.717, 1.165) is 0 Å². The second-order valence-corrected chi connectivity index (χ2v) is 0.447. The molecule has 0 rings (SSSR count). The third kappa shape index (κ3) is 4800. The molecule has 0 bridgehead atoms. The minimum absolute atomic E-state index is 0. The van der Waals surface area contributed by atoms with E-state index in [1.54, 1.807) is 12.1 Å². The zero-order chi connectivity index (χ0) is 7.41. The molecular formula is C4H9Cl3N2NbO. The minimum atomic E-state index is 0. The molecule has 0 aromatic carbocycles. The van der Waals surface area contributed by atoms with Crippen molar-refractivity contribution in [3.63, 3.8) is 0 Å². The molecule has 0 aliphatic carbocycles. The molecule has 0 aromatic heterocycles. The van der Waals surface area contributed by atoms with Crippen molar-refractivity contribution < 1.29 is 24.3 Å². The third-order valence-electron chi connectivity index (χ3n) is 0. The fraction of sp³-hybridized carbons (Fsp3) is 0.500. The summed E-state index contributed by atoms with van der Waals surface area (Å²) in [6.45, 7) is 2.86. The quantitative estimate of drug-likeness (QED) is 0.644. The van der Waals surface area contributed by atoms with Gasteiger partial charge in [0.2, 0.25) is 0 Å². The van der Waals surface area contributed by atoms with Crippen LogP contribution in [-0.4, -0.2) is 0 Å². The second kappa shape index (κ2) is 160. The summed E-state index contributed by atoms with van der Waals surface area (Å²) in [6, 6.07) is 3.50. The standard InChI is InChI=1S/2C2H3N.3ClH.Nb.O/c2*1-2-3;;;;;/h2*1H3;3*1H;;. The van der Waals surface area contributed by atoms with Crippen LogP contribution in [-0.2, 0) is 24.3 Å². The Morgan fingerprint density at radius 3 is 0.909 bits per heavy atom. The van der Waals surface area contributed by atoms with E-state index in [2.05, 4.69) is 0 Å². The predicted molar refractivity (Wildman–Crippen MR) is 45.0 cm³/mol. The zero-order valence-electron chi connectivity index (χ0n) is 5.97. The maximum atomic E-state index is 8.30. The SMILES string of the molecule is CC#N.CC#N.Cl.Cl.Cl.[O]=[Nb]. The van der Waals surface area contributed by atoms with Gasteiger partial charge < -0.3 is 0 Å². The second-order valence-electron chi connectivity index (χ2n) is 0.447. The first kappa shape index (κ1) is 42.3. The molecule has 0 amide bonds. The van der Waals surface area contributed by atoms with E-state index >= 15 is 0 Å². The molecule has 0 aromatic rings. The molecule has 0 saturated carbocycles. The average molecular weight is 300 g/mol. The Morgan fingerprint density at radius 2 is 0.909 bits per heavy atom. The van der Waals surface area contributed by atoms with Crippen molar-refractivity contribution in [1.29, 1.82) is 10.5 Å². The van der Waals surface area contributed by atoms with Gasteiger partial charge in [0.05, 0.1) is 12.1 Å². The Hall–Kier alpha value is 0.390. The van der Waals surface area contributed by atoms with Crippen molar-refractivity contribution in [3.05, 3.63) is 0 Å². The number of halogens is 3. The summed E-state index contributed by atoms with van der Waals surface area (Å²) in [5, 5.41) is 14.6. The fourth-order valence-electron chi connectivity index (χ4n) is 0. The van der Waals surface area contributed by atoms with E-state index in [9.17, 15) is 0 Å². The molecule has 11 heavy (non-hydrogen) atoms. The summed E-state index contributed by atoms with van der Waals surface area (Å²) in [5.41, 5.74) is 0. The molecule has 3 nitrogen and oxygen atoms in total. The first-order valence-corrected chi connectivity index (χ1v) is 2.53. The molecule has 0 N–H and O–H groups in total. The first-order valence-electron chi connectivity index (χ1n) is 1.63. The Balaban J connectivity index is -0.00000000764. The van der Waals surface area contributed by atoms with Crippen molar-refractivity contribution in [3.8, 4) is 12.1 Å². The monoisotopic (exact) mass is 299 g/mol. The van der Waals surface area contributed by atoms with Gasteiger partial charge in [-0.3, -0.25) is 0 Å². The van der Waals surface area contributed by atoms with Crippen molar-refractivity contribution in [2.75, 3.05) is 0 Å². The number of nitrogens with zero attached hydrogens (tertiary/aromatic N) is 2. The van der Waals surface area contributed by atoms with Gasteiger partial charge >= 0.3 is 24.3 Å². The predicted octanol–water partition coefficient (Wildman–Crippen LogP) is 2.20. The summed E-state index contributed by atoms with van der Waals surface area (Å²) < 4.78 is 8.30. The van der Waals surface area contributed by atoms with Crippen LogP contribution in [0.15, 0.2) is 0 Å². The van der Waals surface area contributed by atoms with E-state index in [1.807, 2.05) is 0 Å². The molecule has 0 spiro atoms. The molecule has 0 heterocycles. The van der Waals surface area contributed by atoms with Crippen molar-refractivity contribution in [1.82, 2.24) is 0 Å². The number of rotatable bonds is 0. The molecule has 0 aliphatic rings. The van der Waals surface area contributed by atoms with Crippen LogP contribution < -0.4 is 0 Å². The summed E-state index contributed by atoms with van der Waals surface area (Å²) in [4.78, 5) is 0. The van der Waals surface area contributed by atoms with Gasteiger partial charge in [0.25, 0.3) is 0 Å². The van der Waals surface area contributed by atoms with Crippen molar-refractivity contribution in [2.24, 2.45) is 0 Å². The Kier molecular flexibility index (Phi) is 617. The third-order valence-corrected chi connectivity index (χ3v) is 0. The van der Waals surface area contributed by atoms with Gasteiger partial charge in [-0.25, -0.2) is 0 Å². The Labute approximate surface area is 97.6 Å². The van der Waals surface area contributed by atoms with Crippen LogP contribution in [0.1, 0.15) is 13.8 Å². The zero-order valence-corrected chi connectivity index (χ0v) is 10.6. The van der Waals surface area contributed by atoms with Crippen LogP contribution in [0.2, 0.25) is 0 Å². The molecule has 0 atom stereocenters. The van der Waals surface area contributed by atoms with E-state index in [-0.39, 0.29) is 37.2 Å². The molecule has 67 valence electrons. The molecule has 7 heteroatoms. The average Bonchev–Trinajstić information content (AvgIpc) is 1.75. The van der Waals surface area contributed by atoms with Gasteiger partial charge in [0.1, 0.15) is 0 Å². The number of nitriles is 2. The first-order chi connectivity index (χ1) is 3.83. The number of hydrogen-bond donors (Lipinski definition) is 0. The van der Waals surface area contributed by atoms with Crippen molar-refractivity contribution in [2.45, 2.75) is 13.8 Å². The van der Waals surface area contributed by atoms with Crippen LogP contribution in [0.5, 0.6) is 0 Å². The molecule has 0 unspecified atom stereocenters. The van der Waals surface area contributed by atoms with E-state index in [1.165, 1.54) is 13.8 Å². The van der Waals surface area contributed by atoms with Crippen LogP contribution in [0.25, 0.3) is 0 Å². The fourth-order valence-corrected chi connectivity index (χ4v) is 0. The number of hydrogen-bond acceptors (Lipinski definition) is 3. The van der Waals surface area contributed by atoms with Gasteiger partial charge in [0.15, 0.2) is 0 Å². The van der Waals surface area contributed by atoms with Gasteiger partial charge in [0, 0.05) is 13.8 Å². The summed E-state index contributed by atoms with van der Waals surface area (Å²) in [5.74, 6) is 0. The molecular weight excluding hydrogens is 291 g/mol. The van der Waals surface area contributed by atoms with Crippen molar-refractivity contribution >= 4 is 37.2 Å². The van der Waals surface area contributed by atoms with E-state index in [0.29, 0.717) is 21.0 Å². The Morgan fingerprint density at radius 1 is 0.909 bits per heavy atom. The van der Waals surface area contributed by atoms with Crippen LogP contribution in [0.4, 0.5) is 0 Å². The van der Waals surface area contributed by atoms with Crippen LogP contribution >= 0.6 is 37.2 Å². The summed E-state index contributed by atoms with van der Waals surface area (Å²) in [7, 11) is 0. The summed E-state index contributed by atoms with van der Waals surface area (Å²) >= 11 is 0.500. The van der Waals surface area contributed by atoms with E-state index < -0.39 is 0 Å². The topological polar surface area (TPSA) is 64.7 Å². The molecule has 0 saturated heterocycles. The normalized spacial score (nSPS) is 1.73.